The molecule has 0 fully saturated rings. The van der Waals surface area contributed by atoms with Gasteiger partial charge in [-0.1, -0.05) is 17.7 Å². The van der Waals surface area contributed by atoms with E-state index in [9.17, 15) is 4.79 Å². The topological polar surface area (TPSA) is 70.6 Å². The van der Waals surface area contributed by atoms with Crippen molar-refractivity contribution >= 4 is 23.2 Å². The molecule has 0 bridgehead atoms. The van der Waals surface area contributed by atoms with E-state index in [0.29, 0.717) is 17.3 Å². The normalized spacial score (nSPS) is 12.2. The Bertz CT molecular complexity index is 387. The summed E-state index contributed by atoms with van der Waals surface area (Å²) < 4.78 is 4.89. The fourth-order valence-electron chi connectivity index (χ4n) is 1.39. The van der Waals surface area contributed by atoms with Gasteiger partial charge in [-0.3, -0.25) is 4.79 Å². The van der Waals surface area contributed by atoms with Crippen LogP contribution in [0.2, 0.25) is 5.02 Å². The molecule has 0 aromatic heterocycles. The number of rotatable bonds is 7. The van der Waals surface area contributed by atoms with E-state index in [2.05, 4.69) is 10.6 Å². The largest absolute Gasteiger partial charge is 0.395 e. The van der Waals surface area contributed by atoms with Crippen LogP contribution in [0.25, 0.3) is 0 Å². The fourth-order valence-corrected chi connectivity index (χ4v) is 1.58. The predicted octanol–water partition coefficient (Wildman–Crippen LogP) is 0.875. The molecule has 1 aromatic rings. The molecule has 1 amide bonds. The summed E-state index contributed by atoms with van der Waals surface area (Å²) in [5, 5.41) is 15.1. The van der Waals surface area contributed by atoms with E-state index in [1.165, 1.54) is 7.11 Å². The van der Waals surface area contributed by atoms with Crippen LogP contribution in [-0.4, -0.2) is 43.9 Å². The number of amides is 1. The lowest BCUT2D eigenvalue weighted by molar-refractivity contribution is -0.115. The number of methoxy groups -OCH3 is 1. The first kappa shape index (κ1) is 14.9. The van der Waals surface area contributed by atoms with E-state index >= 15 is 0 Å². The van der Waals surface area contributed by atoms with Crippen molar-refractivity contribution in [3.05, 3.63) is 29.3 Å². The monoisotopic (exact) mass is 272 g/mol. The van der Waals surface area contributed by atoms with Crippen molar-refractivity contribution in [2.45, 2.75) is 6.04 Å². The van der Waals surface area contributed by atoms with Crippen LogP contribution in [0, 0.1) is 0 Å². The number of hydrogen-bond acceptors (Lipinski definition) is 4. The van der Waals surface area contributed by atoms with Crippen molar-refractivity contribution in [2.75, 3.05) is 32.2 Å². The lowest BCUT2D eigenvalue weighted by atomic mass is 10.3. The summed E-state index contributed by atoms with van der Waals surface area (Å²) in [7, 11) is 1.54. The zero-order valence-corrected chi connectivity index (χ0v) is 10.9. The number of halogens is 1. The highest BCUT2D eigenvalue weighted by Crippen LogP contribution is 2.14. The average molecular weight is 273 g/mol. The number of carbonyl (C=O) groups excluding carboxylic acids is 1. The number of anilines is 1. The number of nitrogens with one attached hydrogen (secondary N) is 2. The number of aliphatic hydroxyl groups excluding tert-OH is 1. The molecule has 6 heteroatoms. The second kappa shape index (κ2) is 8.05. The second-order valence-electron chi connectivity index (χ2n) is 3.77. The Hall–Kier alpha value is -1.14. The third-order valence-electron chi connectivity index (χ3n) is 2.25. The Labute approximate surface area is 111 Å². The molecule has 1 aromatic carbocycles. The van der Waals surface area contributed by atoms with Crippen LogP contribution < -0.4 is 10.6 Å². The quantitative estimate of drug-likeness (QED) is 0.689. The lowest BCUT2D eigenvalue weighted by Crippen LogP contribution is -2.41. The number of hydrogen-bond donors (Lipinski definition) is 3. The van der Waals surface area contributed by atoms with Gasteiger partial charge in [0.15, 0.2) is 0 Å². The van der Waals surface area contributed by atoms with Gasteiger partial charge in [0.1, 0.15) is 0 Å². The molecule has 0 saturated carbocycles. The van der Waals surface area contributed by atoms with Crippen LogP contribution in [0.1, 0.15) is 0 Å². The van der Waals surface area contributed by atoms with Crippen molar-refractivity contribution in [2.24, 2.45) is 0 Å². The van der Waals surface area contributed by atoms with Gasteiger partial charge in [0.2, 0.25) is 5.91 Å². The highest BCUT2D eigenvalue weighted by atomic mass is 35.5. The summed E-state index contributed by atoms with van der Waals surface area (Å²) in [4.78, 5) is 11.6. The van der Waals surface area contributed by atoms with Gasteiger partial charge < -0.3 is 20.5 Å². The number of carbonyl (C=O) groups is 1. The molecule has 18 heavy (non-hydrogen) atoms. The van der Waals surface area contributed by atoms with E-state index in [1.54, 1.807) is 24.3 Å². The molecule has 0 aliphatic heterocycles. The zero-order chi connectivity index (χ0) is 13.4. The van der Waals surface area contributed by atoms with Crippen molar-refractivity contribution in [1.82, 2.24) is 5.32 Å². The Kier molecular flexibility index (Phi) is 6.67. The molecular formula is C12H17ClN2O3. The van der Waals surface area contributed by atoms with E-state index in [4.69, 9.17) is 21.4 Å². The van der Waals surface area contributed by atoms with Gasteiger partial charge >= 0.3 is 0 Å². The van der Waals surface area contributed by atoms with Gasteiger partial charge in [0, 0.05) is 17.8 Å². The molecule has 3 N–H and O–H groups in total. The first-order valence-corrected chi connectivity index (χ1v) is 5.92. The first-order valence-electron chi connectivity index (χ1n) is 5.54. The molecule has 1 atom stereocenters. The average Bonchev–Trinajstić information content (AvgIpc) is 2.34. The maximum atomic E-state index is 11.6. The summed E-state index contributed by atoms with van der Waals surface area (Å²) in [6.45, 7) is 0.361. The Morgan fingerprint density at radius 3 is 2.94 bits per heavy atom. The molecule has 0 aliphatic rings. The smallest absolute Gasteiger partial charge is 0.238 e. The van der Waals surface area contributed by atoms with Crippen molar-refractivity contribution in [1.29, 1.82) is 0 Å². The molecule has 1 unspecified atom stereocenters. The summed E-state index contributed by atoms with van der Waals surface area (Å²) >= 11 is 5.80. The molecule has 100 valence electrons. The van der Waals surface area contributed by atoms with E-state index < -0.39 is 0 Å². The zero-order valence-electron chi connectivity index (χ0n) is 10.1. The number of benzene rings is 1. The predicted molar refractivity (Wildman–Crippen MR) is 70.8 cm³/mol. The highest BCUT2D eigenvalue weighted by Gasteiger charge is 2.09. The standard InChI is InChI=1S/C12H17ClN2O3/c1-18-8-11(7-16)14-6-12(17)15-10-4-2-3-9(13)5-10/h2-5,11,14,16H,6-8H2,1H3,(H,15,17). The molecule has 0 heterocycles. The summed E-state index contributed by atoms with van der Waals surface area (Å²) in [5.41, 5.74) is 0.640. The molecule has 0 radical (unpaired) electrons. The third-order valence-corrected chi connectivity index (χ3v) is 2.48. The minimum absolute atomic E-state index is 0.0850. The Balaban J connectivity index is 2.37. The van der Waals surface area contributed by atoms with Crippen molar-refractivity contribution in [3.8, 4) is 0 Å². The molecule has 0 spiro atoms. The summed E-state index contributed by atoms with van der Waals surface area (Å²) in [5.74, 6) is -0.202. The molecule has 1 rings (SSSR count). The van der Waals surface area contributed by atoms with Gasteiger partial charge in [-0.25, -0.2) is 0 Å². The van der Waals surface area contributed by atoms with Crippen LogP contribution in [0.5, 0.6) is 0 Å². The maximum absolute atomic E-state index is 11.6. The van der Waals surface area contributed by atoms with Crippen LogP contribution in [0.4, 0.5) is 5.69 Å². The number of aliphatic hydroxyl groups is 1. The van der Waals surface area contributed by atoms with Crippen molar-refractivity contribution < 1.29 is 14.6 Å². The summed E-state index contributed by atoms with van der Waals surface area (Å²) in [6, 6.07) is 6.66. The highest BCUT2D eigenvalue weighted by molar-refractivity contribution is 6.30. The maximum Gasteiger partial charge on any atom is 0.238 e. The molecular weight excluding hydrogens is 256 g/mol. The van der Waals surface area contributed by atoms with Crippen LogP contribution in [-0.2, 0) is 9.53 Å². The lowest BCUT2D eigenvalue weighted by Gasteiger charge is -2.14. The van der Waals surface area contributed by atoms with Gasteiger partial charge in [-0.15, -0.1) is 0 Å². The molecule has 0 aliphatic carbocycles. The Morgan fingerprint density at radius 2 is 2.33 bits per heavy atom. The van der Waals surface area contributed by atoms with Gasteiger partial charge in [-0.2, -0.15) is 0 Å². The third kappa shape index (κ3) is 5.46. The van der Waals surface area contributed by atoms with E-state index in [1.807, 2.05) is 0 Å². The van der Waals surface area contributed by atoms with Crippen LogP contribution in [0.15, 0.2) is 24.3 Å². The van der Waals surface area contributed by atoms with Crippen LogP contribution in [0.3, 0.4) is 0 Å². The fraction of sp³-hybridized carbons (Fsp3) is 0.417. The SMILES string of the molecule is COCC(CO)NCC(=O)Nc1cccc(Cl)c1. The number of ether oxygens (including phenoxy) is 1. The first-order chi connectivity index (χ1) is 8.65. The minimum atomic E-state index is -0.250. The summed E-state index contributed by atoms with van der Waals surface area (Å²) in [6.07, 6.45) is 0. The van der Waals surface area contributed by atoms with Crippen LogP contribution >= 0.6 is 11.6 Å². The van der Waals surface area contributed by atoms with E-state index in [0.717, 1.165) is 0 Å². The van der Waals surface area contributed by atoms with E-state index in [-0.39, 0.29) is 25.1 Å². The minimum Gasteiger partial charge on any atom is -0.395 e. The second-order valence-corrected chi connectivity index (χ2v) is 4.21. The van der Waals surface area contributed by atoms with Gasteiger partial charge in [0.05, 0.1) is 25.8 Å². The molecule has 0 saturated heterocycles. The molecule has 5 nitrogen and oxygen atoms in total. The van der Waals surface area contributed by atoms with Gasteiger partial charge in [0.25, 0.3) is 0 Å². The van der Waals surface area contributed by atoms with Crippen molar-refractivity contribution in [3.63, 3.8) is 0 Å². The Morgan fingerprint density at radius 1 is 1.56 bits per heavy atom. The van der Waals surface area contributed by atoms with Gasteiger partial charge in [-0.05, 0) is 18.2 Å².